The van der Waals surface area contributed by atoms with Crippen LogP contribution in [0.4, 0.5) is 11.8 Å². The molecule has 2 aromatic carbocycles. The lowest BCUT2D eigenvalue weighted by molar-refractivity contribution is 0.321. The maximum absolute atomic E-state index is 5.51. The lowest BCUT2D eigenvalue weighted by atomic mass is 9.86. The van der Waals surface area contributed by atoms with E-state index in [0.29, 0.717) is 12.0 Å². The third kappa shape index (κ3) is 5.89. The van der Waals surface area contributed by atoms with E-state index in [2.05, 4.69) is 27.7 Å². The van der Waals surface area contributed by atoms with Crippen LogP contribution in [0.5, 0.6) is 11.5 Å². The molecule has 1 aliphatic carbocycles. The normalized spacial score (nSPS) is 17.6. The number of para-hydroxylation sites is 1. The summed E-state index contributed by atoms with van der Waals surface area (Å²) in [6.45, 7) is 1.73. The lowest BCUT2D eigenvalue weighted by Crippen LogP contribution is -2.31. The van der Waals surface area contributed by atoms with Crippen molar-refractivity contribution in [3.05, 3.63) is 48.0 Å². The third-order valence-corrected chi connectivity index (χ3v) is 6.45. The molecule has 34 heavy (non-hydrogen) atoms. The molecule has 0 spiro atoms. The molecule has 2 N–H and O–H groups in total. The molecule has 0 atom stereocenters. The van der Waals surface area contributed by atoms with Gasteiger partial charge in [-0.05, 0) is 62.4 Å². The quantitative estimate of drug-likeness (QED) is 0.455. The fraction of sp³-hybridized carbons (Fsp3) is 0.481. The minimum atomic E-state index is 0. The highest BCUT2D eigenvalue weighted by atomic mass is 16.5. The highest BCUT2D eigenvalue weighted by Gasteiger charge is 2.22. The van der Waals surface area contributed by atoms with Crippen molar-refractivity contribution in [3.63, 3.8) is 0 Å². The van der Waals surface area contributed by atoms with Gasteiger partial charge in [-0.1, -0.05) is 25.6 Å². The van der Waals surface area contributed by atoms with E-state index >= 15 is 0 Å². The molecule has 0 unspecified atom stereocenters. The summed E-state index contributed by atoms with van der Waals surface area (Å²) < 4.78 is 11.0. The van der Waals surface area contributed by atoms with Crippen LogP contribution in [0.2, 0.25) is 0 Å². The van der Waals surface area contributed by atoms with E-state index in [9.17, 15) is 0 Å². The van der Waals surface area contributed by atoms with Crippen molar-refractivity contribution in [1.29, 1.82) is 0 Å². The van der Waals surface area contributed by atoms with Gasteiger partial charge < -0.3 is 25.0 Å². The van der Waals surface area contributed by atoms with E-state index in [0.717, 1.165) is 65.7 Å². The molecule has 1 aliphatic rings. The summed E-state index contributed by atoms with van der Waals surface area (Å²) in [6, 6.07) is 14.5. The van der Waals surface area contributed by atoms with Gasteiger partial charge in [-0.25, -0.2) is 4.98 Å². The second kappa shape index (κ2) is 11.9. The highest BCUT2D eigenvalue weighted by molar-refractivity contribution is 5.90. The number of nitrogens with one attached hydrogen (secondary N) is 2. The van der Waals surface area contributed by atoms with Gasteiger partial charge in [-0.15, -0.1) is 0 Å². The van der Waals surface area contributed by atoms with Crippen LogP contribution >= 0.6 is 0 Å². The monoisotopic (exact) mass is 465 g/mol. The van der Waals surface area contributed by atoms with Crippen molar-refractivity contribution in [2.24, 2.45) is 5.92 Å². The Kier molecular flexibility index (Phi) is 8.93. The number of ether oxygens (including phenoxy) is 2. The van der Waals surface area contributed by atoms with Gasteiger partial charge in [0, 0.05) is 37.6 Å². The fourth-order valence-electron chi connectivity index (χ4n) is 4.66. The molecule has 4 rings (SSSR count). The summed E-state index contributed by atoms with van der Waals surface area (Å²) in [5.74, 6) is 4.07. The molecule has 1 fully saturated rings. The van der Waals surface area contributed by atoms with Gasteiger partial charge in [0.15, 0.2) is 0 Å². The van der Waals surface area contributed by atoms with Gasteiger partial charge in [0.25, 0.3) is 0 Å². The van der Waals surface area contributed by atoms with E-state index < -0.39 is 0 Å². The summed E-state index contributed by atoms with van der Waals surface area (Å²) in [5.41, 5.74) is 2.05. The van der Waals surface area contributed by atoms with Gasteiger partial charge in [0.05, 0.1) is 19.7 Å². The van der Waals surface area contributed by atoms with Crippen molar-refractivity contribution in [2.75, 3.05) is 45.1 Å². The van der Waals surface area contributed by atoms with Gasteiger partial charge in [-0.3, -0.25) is 0 Å². The standard InChI is InChI=1S/C26H35N5O2.CH4/c1-31(2)25-20-8-5-6-9-22(20)29-26(30-25)28-19-14-12-18(13-15-19)16-27-17-21-23(32-3)10-7-11-24(21)33-4;/h5-11,18-19,27H,12-17H2,1-4H3,(H,28,29,30);1H4. The predicted octanol–water partition coefficient (Wildman–Crippen LogP) is 5.11. The lowest BCUT2D eigenvalue weighted by Gasteiger charge is -2.29. The number of hydrogen-bond acceptors (Lipinski definition) is 7. The summed E-state index contributed by atoms with van der Waals surface area (Å²) in [5, 5.41) is 8.29. The van der Waals surface area contributed by atoms with Gasteiger partial charge in [0.2, 0.25) is 5.95 Å². The van der Waals surface area contributed by atoms with Crippen molar-refractivity contribution in [1.82, 2.24) is 15.3 Å². The molecule has 1 heterocycles. The maximum atomic E-state index is 5.51. The minimum Gasteiger partial charge on any atom is -0.496 e. The Morgan fingerprint density at radius 2 is 1.59 bits per heavy atom. The second-order valence-electron chi connectivity index (χ2n) is 8.92. The summed E-state index contributed by atoms with van der Waals surface area (Å²) in [7, 11) is 7.45. The van der Waals surface area contributed by atoms with Crippen LogP contribution in [0.15, 0.2) is 42.5 Å². The number of rotatable bonds is 9. The van der Waals surface area contributed by atoms with E-state index in [-0.39, 0.29) is 7.43 Å². The number of fused-ring (bicyclic) bond motifs is 1. The zero-order valence-electron chi connectivity index (χ0n) is 20.1. The number of hydrogen-bond donors (Lipinski definition) is 2. The van der Waals surface area contributed by atoms with E-state index in [4.69, 9.17) is 19.4 Å². The Balaban J connectivity index is 0.00000324. The Morgan fingerprint density at radius 3 is 2.24 bits per heavy atom. The molecule has 7 heteroatoms. The number of anilines is 2. The second-order valence-corrected chi connectivity index (χ2v) is 8.92. The molecule has 7 nitrogen and oxygen atoms in total. The van der Waals surface area contributed by atoms with Crippen molar-refractivity contribution in [2.45, 2.75) is 45.7 Å². The summed E-state index contributed by atoms with van der Waals surface area (Å²) in [4.78, 5) is 11.6. The Labute approximate surface area is 203 Å². The fourth-order valence-corrected chi connectivity index (χ4v) is 4.66. The zero-order valence-corrected chi connectivity index (χ0v) is 20.1. The number of nitrogens with zero attached hydrogens (tertiary/aromatic N) is 3. The highest BCUT2D eigenvalue weighted by Crippen LogP contribution is 2.30. The molecule has 0 aliphatic heterocycles. The summed E-state index contributed by atoms with van der Waals surface area (Å²) in [6.07, 6.45) is 4.61. The smallest absolute Gasteiger partial charge is 0.225 e. The molecular weight excluding hydrogens is 426 g/mol. The van der Waals surface area contributed by atoms with Crippen LogP contribution in [0.1, 0.15) is 38.7 Å². The van der Waals surface area contributed by atoms with Crippen LogP contribution in [-0.4, -0.2) is 50.9 Å². The third-order valence-electron chi connectivity index (χ3n) is 6.45. The SMILES string of the molecule is C.COc1cccc(OC)c1CNCC1CCC(Nc2nc(N(C)C)c3ccccc3n2)CC1. The predicted molar refractivity (Wildman–Crippen MR) is 141 cm³/mol. The molecule has 0 saturated heterocycles. The van der Waals surface area contributed by atoms with Crippen LogP contribution in [-0.2, 0) is 6.54 Å². The van der Waals surface area contributed by atoms with Gasteiger partial charge in [-0.2, -0.15) is 4.98 Å². The van der Waals surface area contributed by atoms with Crippen molar-refractivity contribution >= 4 is 22.7 Å². The number of aromatic nitrogens is 2. The van der Waals surface area contributed by atoms with E-state index in [1.807, 2.05) is 44.4 Å². The minimum absolute atomic E-state index is 0. The van der Waals surface area contributed by atoms with Gasteiger partial charge in [0.1, 0.15) is 17.3 Å². The molecule has 0 radical (unpaired) electrons. The van der Waals surface area contributed by atoms with Crippen molar-refractivity contribution < 1.29 is 9.47 Å². The van der Waals surface area contributed by atoms with Crippen LogP contribution in [0.25, 0.3) is 10.9 Å². The average Bonchev–Trinajstić information content (AvgIpc) is 2.84. The maximum Gasteiger partial charge on any atom is 0.225 e. The van der Waals surface area contributed by atoms with Crippen LogP contribution < -0.4 is 25.0 Å². The largest absolute Gasteiger partial charge is 0.496 e. The average molecular weight is 466 g/mol. The first kappa shape index (κ1) is 25.6. The molecule has 184 valence electrons. The molecule has 1 aromatic heterocycles. The zero-order chi connectivity index (χ0) is 23.2. The molecule has 0 bridgehead atoms. The molecule has 1 saturated carbocycles. The van der Waals surface area contributed by atoms with Crippen LogP contribution in [0.3, 0.4) is 0 Å². The van der Waals surface area contributed by atoms with Gasteiger partial charge >= 0.3 is 0 Å². The summed E-state index contributed by atoms with van der Waals surface area (Å²) >= 11 is 0. The Hall–Kier alpha value is -3.06. The number of methoxy groups -OCH3 is 2. The first-order valence-electron chi connectivity index (χ1n) is 11.7. The van der Waals surface area contributed by atoms with Crippen LogP contribution in [0, 0.1) is 5.92 Å². The van der Waals surface area contributed by atoms with Crippen molar-refractivity contribution in [3.8, 4) is 11.5 Å². The number of benzene rings is 2. The Bertz CT molecular complexity index is 1040. The molecule has 3 aromatic rings. The topological polar surface area (TPSA) is 71.5 Å². The molecular formula is C27H39N5O2. The first-order chi connectivity index (χ1) is 16.1. The molecule has 0 amide bonds. The van der Waals surface area contributed by atoms with E-state index in [1.54, 1.807) is 14.2 Å². The van der Waals surface area contributed by atoms with E-state index in [1.165, 1.54) is 12.8 Å². The Morgan fingerprint density at radius 1 is 0.912 bits per heavy atom. The first-order valence-corrected chi connectivity index (χ1v) is 11.7.